The molecular formula is C21H17Cl2N7O5S2. The van der Waals surface area contributed by atoms with Crippen molar-refractivity contribution in [1.82, 2.24) is 34.9 Å². The molecule has 0 aliphatic rings. The lowest BCUT2D eigenvalue weighted by atomic mass is 10.1. The molecule has 192 valence electrons. The van der Waals surface area contributed by atoms with Crippen molar-refractivity contribution in [3.63, 3.8) is 0 Å². The number of carboxylic acids is 1. The van der Waals surface area contributed by atoms with E-state index in [2.05, 4.69) is 30.1 Å². The second kappa shape index (κ2) is 11.4. The van der Waals surface area contributed by atoms with Crippen LogP contribution >= 0.6 is 34.5 Å². The number of carbonyl (C=O) groups is 2. The summed E-state index contributed by atoms with van der Waals surface area (Å²) in [5.41, 5.74) is 1.09. The number of nitrogens with zero attached hydrogens (tertiary/aromatic N) is 6. The first-order valence-corrected chi connectivity index (χ1v) is 13.5. The van der Waals surface area contributed by atoms with E-state index in [-0.39, 0.29) is 16.6 Å². The van der Waals surface area contributed by atoms with Crippen molar-refractivity contribution in [3.05, 3.63) is 70.2 Å². The highest BCUT2D eigenvalue weighted by Crippen LogP contribution is 2.27. The van der Waals surface area contributed by atoms with Gasteiger partial charge in [-0.25, -0.2) is 13.4 Å². The molecule has 0 bridgehead atoms. The maximum Gasteiger partial charge on any atom is 0.305 e. The number of halogens is 2. The van der Waals surface area contributed by atoms with E-state index in [0.29, 0.717) is 26.2 Å². The topological polar surface area (TPSA) is 170 Å². The minimum Gasteiger partial charge on any atom is -0.481 e. The molecule has 3 aromatic heterocycles. The van der Waals surface area contributed by atoms with Crippen LogP contribution in [-0.2, 0) is 32.6 Å². The molecule has 1 aromatic carbocycles. The minimum atomic E-state index is -4.32. The van der Waals surface area contributed by atoms with Crippen molar-refractivity contribution in [3.8, 4) is 10.6 Å². The first-order valence-electron chi connectivity index (χ1n) is 10.5. The molecule has 12 nitrogen and oxygen atoms in total. The molecule has 3 heterocycles. The number of benzene rings is 1. The zero-order chi connectivity index (χ0) is 26.6. The Morgan fingerprint density at radius 2 is 1.86 bits per heavy atom. The van der Waals surface area contributed by atoms with E-state index >= 15 is 0 Å². The molecule has 0 fully saturated rings. The number of thiazole rings is 1. The largest absolute Gasteiger partial charge is 0.481 e. The Hall–Kier alpha value is -3.30. The highest BCUT2D eigenvalue weighted by atomic mass is 35.5. The molecule has 0 saturated heterocycles. The molecule has 0 radical (unpaired) electrons. The van der Waals surface area contributed by atoms with Crippen LogP contribution in [0.2, 0.25) is 10.0 Å². The lowest BCUT2D eigenvalue weighted by Crippen LogP contribution is -2.43. The summed E-state index contributed by atoms with van der Waals surface area (Å²) in [5.74, 6) is -1.95. The van der Waals surface area contributed by atoms with Crippen LogP contribution in [0.4, 0.5) is 0 Å². The number of nitrogens with one attached hydrogen (secondary N) is 1. The van der Waals surface area contributed by atoms with Crippen LogP contribution in [-0.4, -0.2) is 61.5 Å². The molecule has 4 aromatic rings. The quantitative estimate of drug-likeness (QED) is 0.268. The number of hydrogen-bond donors (Lipinski definition) is 2. The molecule has 0 aliphatic heterocycles. The van der Waals surface area contributed by atoms with E-state index in [4.69, 9.17) is 23.2 Å². The third-order valence-corrected chi connectivity index (χ3v) is 8.48. The Labute approximate surface area is 224 Å². The van der Waals surface area contributed by atoms with Gasteiger partial charge in [-0.1, -0.05) is 46.7 Å². The van der Waals surface area contributed by atoms with Crippen molar-refractivity contribution >= 4 is 56.3 Å². The number of ketones is 1. The summed E-state index contributed by atoms with van der Waals surface area (Å²) in [6.07, 6.45) is 2.23. The molecular weight excluding hydrogens is 565 g/mol. The maximum atomic E-state index is 12.9. The first-order chi connectivity index (χ1) is 17.6. The Morgan fingerprint density at radius 3 is 2.54 bits per heavy atom. The van der Waals surface area contributed by atoms with Crippen molar-refractivity contribution in [2.24, 2.45) is 0 Å². The van der Waals surface area contributed by atoms with Crippen LogP contribution in [0.25, 0.3) is 10.6 Å². The summed E-state index contributed by atoms with van der Waals surface area (Å²) in [5, 5.41) is 21.8. The summed E-state index contributed by atoms with van der Waals surface area (Å²) in [7, 11) is -4.32. The maximum absolute atomic E-state index is 12.9. The molecule has 2 N–H and O–H groups in total. The summed E-state index contributed by atoms with van der Waals surface area (Å²) >= 11 is 13.1. The van der Waals surface area contributed by atoms with E-state index in [1.165, 1.54) is 6.20 Å². The van der Waals surface area contributed by atoms with Crippen molar-refractivity contribution in [2.75, 3.05) is 0 Å². The van der Waals surface area contributed by atoms with Crippen LogP contribution in [0.5, 0.6) is 0 Å². The number of pyridine rings is 1. The Kier molecular flexibility index (Phi) is 8.24. The molecule has 4 rings (SSSR count). The Morgan fingerprint density at radius 1 is 1.11 bits per heavy atom. The molecule has 0 saturated carbocycles. The predicted molar refractivity (Wildman–Crippen MR) is 134 cm³/mol. The number of carboxylic acid groups (broad SMARTS) is 1. The average Bonchev–Trinajstić information content (AvgIpc) is 3.52. The van der Waals surface area contributed by atoms with Crippen LogP contribution in [0.3, 0.4) is 0 Å². The van der Waals surface area contributed by atoms with Gasteiger partial charge in [-0.3, -0.25) is 14.6 Å². The number of sulfonamides is 1. The standard InChI is InChI=1S/C21H17Cl2N7O5S2/c22-13-4-3-5-14(23)12(13)8-19-26-29-30(27-19)11-17(31)16(9-20(32)33)28-37(34,35)21-25-10-18(36-21)15-6-1-2-7-24-15/h1-7,10,16,28H,8-9,11H2,(H,32,33). The van der Waals surface area contributed by atoms with Gasteiger partial charge < -0.3 is 5.11 Å². The Bertz CT molecular complexity index is 1520. The first kappa shape index (κ1) is 26.8. The van der Waals surface area contributed by atoms with Gasteiger partial charge in [0.15, 0.2) is 11.6 Å². The smallest absolute Gasteiger partial charge is 0.305 e. The number of hydrogen-bond acceptors (Lipinski definition) is 10. The zero-order valence-corrected chi connectivity index (χ0v) is 21.8. The third-order valence-electron chi connectivity index (χ3n) is 4.88. The summed E-state index contributed by atoms with van der Waals surface area (Å²) in [4.78, 5) is 33.7. The van der Waals surface area contributed by atoms with Crippen molar-refractivity contribution < 1.29 is 23.1 Å². The van der Waals surface area contributed by atoms with Gasteiger partial charge in [0.2, 0.25) is 4.34 Å². The number of aliphatic carboxylic acids is 1. The van der Waals surface area contributed by atoms with Gasteiger partial charge in [0.05, 0.1) is 23.0 Å². The number of carbonyl (C=O) groups excluding carboxylic acids is 1. The van der Waals surface area contributed by atoms with Crippen molar-refractivity contribution in [1.29, 1.82) is 0 Å². The summed E-state index contributed by atoms with van der Waals surface area (Å²) < 4.78 is 27.6. The van der Waals surface area contributed by atoms with Gasteiger partial charge in [0.1, 0.15) is 6.54 Å². The van der Waals surface area contributed by atoms with E-state index in [0.717, 1.165) is 16.1 Å². The van der Waals surface area contributed by atoms with Gasteiger partial charge in [-0.2, -0.15) is 9.52 Å². The van der Waals surface area contributed by atoms with Crippen LogP contribution < -0.4 is 4.72 Å². The molecule has 1 unspecified atom stereocenters. The number of aromatic nitrogens is 6. The molecule has 0 amide bonds. The van der Waals surface area contributed by atoms with Gasteiger partial charge in [0.25, 0.3) is 10.0 Å². The van der Waals surface area contributed by atoms with Crippen molar-refractivity contribution in [2.45, 2.75) is 29.8 Å². The van der Waals surface area contributed by atoms with Crippen LogP contribution in [0.1, 0.15) is 17.8 Å². The molecule has 0 spiro atoms. The van der Waals surface area contributed by atoms with Gasteiger partial charge in [-0.15, -0.1) is 10.2 Å². The predicted octanol–water partition coefficient (Wildman–Crippen LogP) is 2.48. The summed E-state index contributed by atoms with van der Waals surface area (Å²) in [6.45, 7) is -0.527. The number of rotatable bonds is 11. The normalized spacial score (nSPS) is 12.4. The van der Waals surface area contributed by atoms with E-state index < -0.39 is 40.8 Å². The molecule has 1 atom stereocenters. The fourth-order valence-electron chi connectivity index (χ4n) is 3.17. The number of Topliss-reactive ketones (excluding diaryl/α,β-unsaturated/α-hetero) is 1. The molecule has 0 aliphatic carbocycles. The van der Waals surface area contributed by atoms with Crippen LogP contribution in [0, 0.1) is 0 Å². The highest BCUT2D eigenvalue weighted by Gasteiger charge is 2.30. The van der Waals surface area contributed by atoms with E-state index in [1.807, 2.05) is 0 Å². The fourth-order valence-corrected chi connectivity index (χ4v) is 6.06. The van der Waals surface area contributed by atoms with Gasteiger partial charge in [-0.05, 0) is 35.0 Å². The molecule has 16 heteroatoms. The van der Waals surface area contributed by atoms with Gasteiger partial charge in [0, 0.05) is 28.9 Å². The lowest BCUT2D eigenvalue weighted by molar-refractivity contribution is -0.139. The fraction of sp³-hybridized carbons (Fsp3) is 0.190. The molecule has 37 heavy (non-hydrogen) atoms. The third kappa shape index (κ3) is 6.72. The second-order valence-electron chi connectivity index (χ2n) is 7.56. The minimum absolute atomic E-state index is 0.139. The average molecular weight is 582 g/mol. The number of tetrazole rings is 1. The second-order valence-corrected chi connectivity index (χ2v) is 11.3. The van der Waals surface area contributed by atoms with Crippen LogP contribution in [0.15, 0.2) is 53.1 Å². The zero-order valence-electron chi connectivity index (χ0n) is 18.7. The highest BCUT2D eigenvalue weighted by molar-refractivity contribution is 7.91. The summed E-state index contributed by atoms with van der Waals surface area (Å²) in [6, 6.07) is 8.53. The lowest BCUT2D eigenvalue weighted by Gasteiger charge is -2.14. The van der Waals surface area contributed by atoms with E-state index in [9.17, 15) is 23.1 Å². The SMILES string of the molecule is O=C(O)CC(NS(=O)(=O)c1ncc(-c2ccccn2)s1)C(=O)Cn1nnc(Cc2c(Cl)cccc2Cl)n1. The van der Waals surface area contributed by atoms with E-state index in [1.54, 1.807) is 42.6 Å². The Balaban J connectivity index is 1.48. The van der Waals surface area contributed by atoms with Gasteiger partial charge >= 0.3 is 5.97 Å². The monoisotopic (exact) mass is 581 g/mol.